The minimum Gasteiger partial charge on any atom is -0.455 e. The smallest absolute Gasteiger partial charge is 0.234 e. The summed E-state index contributed by atoms with van der Waals surface area (Å²) < 4.78 is 8.68. The van der Waals surface area contributed by atoms with E-state index < -0.39 is 0 Å². The van der Waals surface area contributed by atoms with Crippen LogP contribution in [0.5, 0.6) is 0 Å². The van der Waals surface area contributed by atoms with Gasteiger partial charge in [-0.15, -0.1) is 0 Å². The van der Waals surface area contributed by atoms with Crippen LogP contribution in [0.3, 0.4) is 0 Å². The van der Waals surface area contributed by atoms with Crippen LogP contribution in [-0.2, 0) is 0 Å². The van der Waals surface area contributed by atoms with E-state index in [4.69, 9.17) is 14.4 Å². The Kier molecular flexibility index (Phi) is 6.49. The molecule has 1 N–H and O–H groups in total. The van der Waals surface area contributed by atoms with Crippen molar-refractivity contribution >= 4 is 55.5 Å². The number of benzene rings is 7. The third kappa shape index (κ3) is 4.63. The van der Waals surface area contributed by atoms with Crippen molar-refractivity contribution in [2.45, 2.75) is 6.17 Å². The van der Waals surface area contributed by atoms with Crippen molar-refractivity contribution in [3.05, 3.63) is 181 Å². The molecule has 1 unspecified atom stereocenters. The molecular formula is C45H30N4O. The zero-order chi connectivity index (χ0) is 33.0. The number of fused-ring (bicyclic) bond motifs is 6. The Bertz CT molecular complexity index is 2790. The van der Waals surface area contributed by atoms with Gasteiger partial charge in [0.2, 0.25) is 5.96 Å². The number of furan rings is 1. The minimum absolute atomic E-state index is 0.331. The van der Waals surface area contributed by atoms with E-state index in [1.54, 1.807) is 0 Å². The first-order valence-electron chi connectivity index (χ1n) is 16.9. The fourth-order valence-corrected chi connectivity index (χ4v) is 7.29. The van der Waals surface area contributed by atoms with Gasteiger partial charge in [0.1, 0.15) is 23.2 Å². The molecule has 0 radical (unpaired) electrons. The van der Waals surface area contributed by atoms with E-state index in [9.17, 15) is 0 Å². The van der Waals surface area contributed by atoms with Crippen LogP contribution in [0.1, 0.15) is 17.3 Å². The van der Waals surface area contributed by atoms with Gasteiger partial charge in [0, 0.05) is 32.7 Å². The Hall–Kier alpha value is -6.72. The van der Waals surface area contributed by atoms with E-state index in [1.165, 1.54) is 0 Å². The number of aliphatic imine (C=N–C) groups is 2. The second kappa shape index (κ2) is 11.5. The molecule has 10 rings (SSSR count). The minimum atomic E-state index is -0.331. The lowest BCUT2D eigenvalue weighted by Crippen LogP contribution is -2.35. The average Bonchev–Trinajstić information content (AvgIpc) is 3.74. The summed E-state index contributed by atoms with van der Waals surface area (Å²) in [7, 11) is 0. The fourth-order valence-electron chi connectivity index (χ4n) is 7.29. The number of hydrogen-bond donors (Lipinski definition) is 1. The molecule has 3 heterocycles. The van der Waals surface area contributed by atoms with Gasteiger partial charge < -0.3 is 9.73 Å². The first-order chi connectivity index (χ1) is 24.8. The van der Waals surface area contributed by atoms with Crippen LogP contribution in [-0.4, -0.2) is 16.4 Å². The quantitative estimate of drug-likeness (QED) is 0.208. The topological polar surface area (TPSA) is 54.8 Å². The van der Waals surface area contributed by atoms with Crippen molar-refractivity contribution < 1.29 is 4.42 Å². The van der Waals surface area contributed by atoms with Gasteiger partial charge in [0.25, 0.3) is 0 Å². The van der Waals surface area contributed by atoms with Crippen molar-refractivity contribution in [3.63, 3.8) is 0 Å². The van der Waals surface area contributed by atoms with Gasteiger partial charge in [-0.05, 0) is 46.5 Å². The molecule has 1 aliphatic heterocycles. The van der Waals surface area contributed by atoms with Gasteiger partial charge in [0.15, 0.2) is 0 Å². The van der Waals surface area contributed by atoms with Gasteiger partial charge in [-0.1, -0.05) is 146 Å². The van der Waals surface area contributed by atoms with E-state index in [1.807, 2.05) is 24.3 Å². The van der Waals surface area contributed by atoms with Crippen LogP contribution < -0.4 is 5.32 Å². The molecule has 7 aromatic carbocycles. The van der Waals surface area contributed by atoms with Gasteiger partial charge in [-0.25, -0.2) is 4.99 Å². The second-order valence-corrected chi connectivity index (χ2v) is 12.7. The molecule has 0 fully saturated rings. The first kappa shape index (κ1) is 28.3. The van der Waals surface area contributed by atoms with E-state index in [0.717, 1.165) is 83.0 Å². The Morgan fingerprint density at radius 2 is 1.18 bits per heavy atom. The third-order valence-corrected chi connectivity index (χ3v) is 9.68. The number of aromatic nitrogens is 1. The summed E-state index contributed by atoms with van der Waals surface area (Å²) in [6.45, 7) is 0. The maximum atomic E-state index is 6.46. The van der Waals surface area contributed by atoms with Crippen molar-refractivity contribution in [1.82, 2.24) is 9.88 Å². The van der Waals surface area contributed by atoms with Crippen molar-refractivity contribution in [1.29, 1.82) is 0 Å². The average molecular weight is 643 g/mol. The monoisotopic (exact) mass is 642 g/mol. The molecule has 236 valence electrons. The molecule has 5 nitrogen and oxygen atoms in total. The summed E-state index contributed by atoms with van der Waals surface area (Å²) in [4.78, 5) is 10.6. The molecular weight excluding hydrogens is 613 g/mol. The number of hydrogen-bond acceptors (Lipinski definition) is 4. The van der Waals surface area contributed by atoms with Crippen molar-refractivity contribution in [2.75, 3.05) is 0 Å². The predicted octanol–water partition coefficient (Wildman–Crippen LogP) is 11.0. The normalized spacial score (nSPS) is 14.6. The number of nitrogens with one attached hydrogen (secondary N) is 1. The maximum Gasteiger partial charge on any atom is 0.234 e. The molecule has 0 spiro atoms. The highest BCUT2D eigenvalue weighted by Gasteiger charge is 2.24. The number of nitrogens with zero attached hydrogens (tertiary/aromatic N) is 3. The molecule has 50 heavy (non-hydrogen) atoms. The van der Waals surface area contributed by atoms with Gasteiger partial charge in [-0.2, -0.15) is 4.99 Å². The Labute approximate surface area is 288 Å². The lowest BCUT2D eigenvalue weighted by Gasteiger charge is -2.24. The molecule has 0 saturated heterocycles. The molecule has 1 atom stereocenters. The van der Waals surface area contributed by atoms with Crippen LogP contribution in [0.2, 0.25) is 0 Å². The highest BCUT2D eigenvalue weighted by atomic mass is 16.3. The summed E-state index contributed by atoms with van der Waals surface area (Å²) >= 11 is 0. The molecule has 2 aromatic heterocycles. The number of para-hydroxylation sites is 3. The molecule has 1 aliphatic rings. The first-order valence-corrected chi connectivity index (χ1v) is 16.9. The molecule has 0 bridgehead atoms. The molecule has 0 aliphatic carbocycles. The lowest BCUT2D eigenvalue weighted by molar-refractivity contribution is 0.668. The standard InChI is InChI=1S/C45H30N4O/c1-3-13-29(14-4-1)31-17-11-18-33(27-31)44-46-43(30-15-5-2-6-16-30)47-45(48-44)49-39-23-9-7-19-35(39)36-26-25-32(28-40(36)49)34-21-12-22-38-37-20-8-10-24-41(37)50-42(34)38/h1-28,43H,(H,46,47,48). The highest BCUT2D eigenvalue weighted by molar-refractivity contribution is 6.18. The molecule has 0 amide bonds. The summed E-state index contributed by atoms with van der Waals surface area (Å²) in [5.41, 5.74) is 10.3. The van der Waals surface area contributed by atoms with Crippen LogP contribution in [0.4, 0.5) is 0 Å². The zero-order valence-corrected chi connectivity index (χ0v) is 27.0. The van der Waals surface area contributed by atoms with Crippen molar-refractivity contribution in [3.8, 4) is 22.3 Å². The summed E-state index contributed by atoms with van der Waals surface area (Å²) in [6, 6.07) is 59.2. The molecule has 5 heteroatoms. The van der Waals surface area contributed by atoms with Crippen LogP contribution in [0.15, 0.2) is 184 Å². The summed E-state index contributed by atoms with van der Waals surface area (Å²) in [5, 5.41) is 8.18. The Morgan fingerprint density at radius 3 is 2.06 bits per heavy atom. The zero-order valence-electron chi connectivity index (χ0n) is 27.0. The summed E-state index contributed by atoms with van der Waals surface area (Å²) in [6.07, 6.45) is -0.331. The van der Waals surface area contributed by atoms with Gasteiger partial charge in [-0.3, -0.25) is 4.57 Å². The maximum absolute atomic E-state index is 6.46. The highest BCUT2D eigenvalue weighted by Crippen LogP contribution is 2.39. The molecule has 9 aromatic rings. The van der Waals surface area contributed by atoms with Gasteiger partial charge >= 0.3 is 0 Å². The van der Waals surface area contributed by atoms with Crippen LogP contribution in [0.25, 0.3) is 66.0 Å². The van der Waals surface area contributed by atoms with Crippen molar-refractivity contribution in [2.24, 2.45) is 9.98 Å². The lowest BCUT2D eigenvalue weighted by atomic mass is 10.0. The predicted molar refractivity (Wildman–Crippen MR) is 206 cm³/mol. The van der Waals surface area contributed by atoms with Crippen LogP contribution >= 0.6 is 0 Å². The largest absolute Gasteiger partial charge is 0.455 e. The van der Waals surface area contributed by atoms with E-state index in [-0.39, 0.29) is 6.17 Å². The Balaban J connectivity index is 1.19. The third-order valence-electron chi connectivity index (χ3n) is 9.68. The van der Waals surface area contributed by atoms with E-state index in [0.29, 0.717) is 5.96 Å². The molecule has 0 saturated carbocycles. The van der Waals surface area contributed by atoms with Crippen LogP contribution in [0, 0.1) is 0 Å². The summed E-state index contributed by atoms with van der Waals surface area (Å²) in [5.74, 6) is 1.40. The SMILES string of the molecule is c1ccc(-c2cccc(C3=NC(n4c5ccccc5c5ccc(-c6cccc7c6oc6ccccc67)cc54)=NC(c4ccccc4)N3)c2)cc1. The fraction of sp³-hybridized carbons (Fsp3) is 0.0222. The second-order valence-electron chi connectivity index (χ2n) is 12.7. The van der Waals surface area contributed by atoms with Gasteiger partial charge in [0.05, 0.1) is 11.0 Å². The van der Waals surface area contributed by atoms with E-state index >= 15 is 0 Å². The Morgan fingerprint density at radius 1 is 0.500 bits per heavy atom. The number of amidine groups is 1. The van der Waals surface area contributed by atoms with E-state index in [2.05, 4.69) is 155 Å². The number of rotatable bonds is 4.